The zero-order chi connectivity index (χ0) is 20.7. The van der Waals surface area contributed by atoms with Crippen LogP contribution >= 0.6 is 11.6 Å². The van der Waals surface area contributed by atoms with Crippen LogP contribution in [0.2, 0.25) is 5.02 Å². The summed E-state index contributed by atoms with van der Waals surface area (Å²) in [6.45, 7) is 10.4. The van der Waals surface area contributed by atoms with Crippen molar-refractivity contribution in [1.82, 2.24) is 4.98 Å². The molecule has 28 heavy (non-hydrogen) atoms. The molecule has 1 aromatic heterocycles. The van der Waals surface area contributed by atoms with E-state index in [4.69, 9.17) is 16.3 Å². The number of aryl methyl sites for hydroxylation is 4. The minimum atomic E-state index is -0.237. The Morgan fingerprint density at radius 1 is 1.11 bits per heavy atom. The molecule has 1 N–H and O–H groups in total. The van der Waals surface area contributed by atoms with E-state index in [1.807, 2.05) is 39.0 Å². The molecule has 0 aliphatic rings. The highest BCUT2D eigenvalue weighted by atomic mass is 35.5. The van der Waals surface area contributed by atoms with Crippen LogP contribution in [-0.2, 0) is 6.42 Å². The number of benzene rings is 1. The molecule has 0 saturated heterocycles. The number of pyridine rings is 1. The number of hydrogen-bond acceptors (Lipinski definition) is 3. The Bertz CT molecular complexity index is 834. The third-order valence-electron chi connectivity index (χ3n) is 4.89. The van der Waals surface area contributed by atoms with Gasteiger partial charge in [-0.1, -0.05) is 62.9 Å². The number of unbranched alkanes of at least 4 members (excludes halogenated alkanes) is 3. The van der Waals surface area contributed by atoms with Crippen LogP contribution in [0.5, 0.6) is 5.75 Å². The van der Waals surface area contributed by atoms with Gasteiger partial charge in [0.05, 0.1) is 18.0 Å². The van der Waals surface area contributed by atoms with Gasteiger partial charge >= 0.3 is 0 Å². The van der Waals surface area contributed by atoms with Gasteiger partial charge in [0.15, 0.2) is 5.75 Å². The van der Waals surface area contributed by atoms with Crippen LogP contribution in [0, 0.1) is 20.8 Å². The molecule has 0 spiro atoms. The minimum Gasteiger partial charge on any atom is -0.491 e. The van der Waals surface area contributed by atoms with Crippen LogP contribution in [0.25, 0.3) is 0 Å². The molecule has 0 unspecified atom stereocenters. The smallest absolute Gasteiger partial charge is 0.261 e. The highest BCUT2D eigenvalue weighted by molar-refractivity contribution is 6.33. The quantitative estimate of drug-likeness (QED) is 0.491. The van der Waals surface area contributed by atoms with Gasteiger partial charge in [-0.25, -0.2) is 0 Å². The lowest BCUT2D eigenvalue weighted by Gasteiger charge is -2.18. The van der Waals surface area contributed by atoms with Gasteiger partial charge in [-0.05, 0) is 44.7 Å². The molecule has 1 heterocycles. The van der Waals surface area contributed by atoms with E-state index in [-0.39, 0.29) is 5.91 Å². The topological polar surface area (TPSA) is 51.2 Å². The van der Waals surface area contributed by atoms with E-state index in [0.717, 1.165) is 42.5 Å². The number of anilines is 1. The molecule has 1 amide bonds. The number of rotatable bonds is 9. The van der Waals surface area contributed by atoms with Crippen molar-refractivity contribution in [3.63, 3.8) is 0 Å². The lowest BCUT2D eigenvalue weighted by Crippen LogP contribution is -2.19. The molecule has 2 aromatic rings. The predicted octanol–water partition coefficient (Wildman–Crippen LogP) is 6.43. The first-order valence-corrected chi connectivity index (χ1v) is 10.5. The van der Waals surface area contributed by atoms with Crippen molar-refractivity contribution in [2.24, 2.45) is 0 Å². The van der Waals surface area contributed by atoms with E-state index in [1.165, 1.54) is 6.42 Å². The van der Waals surface area contributed by atoms with E-state index in [1.54, 1.807) is 0 Å². The molecule has 152 valence electrons. The Labute approximate surface area is 173 Å². The van der Waals surface area contributed by atoms with E-state index in [9.17, 15) is 4.79 Å². The molecule has 0 aliphatic carbocycles. The third kappa shape index (κ3) is 5.26. The number of carbonyl (C=O) groups excluding carboxylic acids is 1. The molecule has 0 atom stereocenters. The summed E-state index contributed by atoms with van der Waals surface area (Å²) in [5, 5.41) is 3.48. The zero-order valence-electron chi connectivity index (χ0n) is 17.6. The van der Waals surface area contributed by atoms with Gasteiger partial charge in [0, 0.05) is 5.69 Å². The summed E-state index contributed by atoms with van der Waals surface area (Å²) in [7, 11) is 0. The Morgan fingerprint density at radius 2 is 1.86 bits per heavy atom. The highest BCUT2D eigenvalue weighted by Gasteiger charge is 2.23. The van der Waals surface area contributed by atoms with Gasteiger partial charge in [0.25, 0.3) is 5.91 Å². The average Bonchev–Trinajstić information content (AvgIpc) is 2.66. The highest BCUT2D eigenvalue weighted by Crippen LogP contribution is 2.34. The Morgan fingerprint density at radius 3 is 2.54 bits per heavy atom. The Balaban J connectivity index is 2.33. The number of hydrogen-bond donors (Lipinski definition) is 1. The maximum Gasteiger partial charge on any atom is 0.261 e. The van der Waals surface area contributed by atoms with Crippen LogP contribution in [0.4, 0.5) is 5.69 Å². The maximum absolute atomic E-state index is 13.2. The number of ether oxygens (including phenoxy) is 1. The average molecular weight is 403 g/mol. The SMILES string of the molecule is CCCCCCOc1c(Cl)c(C)nc(C)c1C(=O)Nc1c(C)cccc1CC. The second kappa shape index (κ2) is 10.5. The van der Waals surface area contributed by atoms with Gasteiger partial charge in [-0.3, -0.25) is 9.78 Å². The fraction of sp³-hybridized carbons (Fsp3) is 0.478. The van der Waals surface area contributed by atoms with Crippen molar-refractivity contribution < 1.29 is 9.53 Å². The molecule has 0 aliphatic heterocycles. The van der Waals surface area contributed by atoms with Crippen molar-refractivity contribution in [3.8, 4) is 5.75 Å². The molecule has 0 saturated carbocycles. The van der Waals surface area contributed by atoms with Crippen LogP contribution in [-0.4, -0.2) is 17.5 Å². The van der Waals surface area contributed by atoms with Crippen molar-refractivity contribution in [3.05, 3.63) is 51.3 Å². The molecule has 4 nitrogen and oxygen atoms in total. The van der Waals surface area contributed by atoms with Crippen molar-refractivity contribution >= 4 is 23.2 Å². The number of nitrogens with one attached hydrogen (secondary N) is 1. The Kier molecular flexibility index (Phi) is 8.31. The molecule has 0 fully saturated rings. The van der Waals surface area contributed by atoms with Crippen molar-refractivity contribution in [2.45, 2.75) is 66.7 Å². The minimum absolute atomic E-state index is 0.237. The van der Waals surface area contributed by atoms with Gasteiger partial charge in [-0.2, -0.15) is 0 Å². The maximum atomic E-state index is 13.2. The number of carbonyl (C=O) groups is 1. The first kappa shape index (κ1) is 22.2. The number of amides is 1. The number of aromatic nitrogens is 1. The summed E-state index contributed by atoms with van der Waals surface area (Å²) in [5.41, 5.74) is 4.67. The number of nitrogens with zero attached hydrogens (tertiary/aromatic N) is 1. The van der Waals surface area contributed by atoms with Crippen molar-refractivity contribution in [2.75, 3.05) is 11.9 Å². The number of halogens is 1. The first-order valence-electron chi connectivity index (χ1n) is 10.1. The largest absolute Gasteiger partial charge is 0.491 e. The van der Waals surface area contributed by atoms with E-state index in [0.29, 0.717) is 34.3 Å². The zero-order valence-corrected chi connectivity index (χ0v) is 18.4. The summed E-state index contributed by atoms with van der Waals surface area (Å²) >= 11 is 6.48. The summed E-state index contributed by atoms with van der Waals surface area (Å²) < 4.78 is 5.99. The first-order chi connectivity index (χ1) is 13.4. The predicted molar refractivity (Wildman–Crippen MR) is 117 cm³/mol. The monoisotopic (exact) mass is 402 g/mol. The summed E-state index contributed by atoms with van der Waals surface area (Å²) in [4.78, 5) is 17.6. The van der Waals surface area contributed by atoms with E-state index >= 15 is 0 Å². The van der Waals surface area contributed by atoms with Crippen LogP contribution in [0.1, 0.15) is 72.4 Å². The molecule has 0 radical (unpaired) electrons. The molecule has 0 bridgehead atoms. The molecule has 1 aromatic carbocycles. The fourth-order valence-corrected chi connectivity index (χ4v) is 3.47. The molecule has 2 rings (SSSR count). The van der Waals surface area contributed by atoms with Gasteiger partial charge in [0.2, 0.25) is 0 Å². The van der Waals surface area contributed by atoms with Gasteiger partial charge in [-0.15, -0.1) is 0 Å². The summed E-state index contributed by atoms with van der Waals surface area (Å²) in [6, 6.07) is 6.03. The number of para-hydroxylation sites is 1. The Hall–Kier alpha value is -2.07. The molecule has 5 heteroatoms. The van der Waals surface area contributed by atoms with Gasteiger partial charge in [0.1, 0.15) is 10.6 Å². The van der Waals surface area contributed by atoms with Gasteiger partial charge < -0.3 is 10.1 Å². The van der Waals surface area contributed by atoms with Crippen LogP contribution < -0.4 is 10.1 Å². The summed E-state index contributed by atoms with van der Waals surface area (Å²) in [6.07, 6.45) is 5.21. The molecular weight excluding hydrogens is 372 g/mol. The second-order valence-electron chi connectivity index (χ2n) is 7.13. The third-order valence-corrected chi connectivity index (χ3v) is 5.34. The second-order valence-corrected chi connectivity index (χ2v) is 7.50. The van der Waals surface area contributed by atoms with Crippen LogP contribution in [0.15, 0.2) is 18.2 Å². The summed E-state index contributed by atoms with van der Waals surface area (Å²) in [5.74, 6) is 0.201. The normalized spacial score (nSPS) is 10.8. The standard InChI is InChI=1S/C23H31ClN2O2/c1-6-8-9-10-14-28-22-19(16(4)25-17(5)20(22)24)23(27)26-21-15(3)12-11-13-18(21)7-2/h11-13H,6-10,14H2,1-5H3,(H,26,27). The van der Waals surface area contributed by atoms with E-state index < -0.39 is 0 Å². The lowest BCUT2D eigenvalue weighted by atomic mass is 10.0. The van der Waals surface area contributed by atoms with Crippen LogP contribution in [0.3, 0.4) is 0 Å². The lowest BCUT2D eigenvalue weighted by molar-refractivity contribution is 0.102. The fourth-order valence-electron chi connectivity index (χ4n) is 3.28. The molecular formula is C23H31ClN2O2. The van der Waals surface area contributed by atoms with E-state index in [2.05, 4.69) is 24.1 Å². The van der Waals surface area contributed by atoms with Crippen molar-refractivity contribution in [1.29, 1.82) is 0 Å².